The molecule has 0 N–H and O–H groups in total. The Hall–Kier alpha value is -3.20. The third kappa shape index (κ3) is 3.81. The number of carbonyl (C=O) groups is 3. The number of benzene rings is 2. The normalized spacial score (nSPS) is 16.3. The highest BCUT2D eigenvalue weighted by Gasteiger charge is 2.40. The van der Waals surface area contributed by atoms with Gasteiger partial charge in [0, 0.05) is 26.1 Å². The molecule has 3 amide bonds. The predicted octanol–water partition coefficient (Wildman–Crippen LogP) is 1.76. The highest BCUT2D eigenvalue weighted by Crippen LogP contribution is 2.26. The molecule has 1 saturated heterocycles. The average Bonchev–Trinajstić information content (AvgIpc) is 2.97. The van der Waals surface area contributed by atoms with Gasteiger partial charge in [0.2, 0.25) is 5.91 Å². The Morgan fingerprint density at radius 1 is 1.00 bits per heavy atom. The molecule has 31 heavy (non-hydrogen) atoms. The Labute approximate surface area is 180 Å². The van der Waals surface area contributed by atoms with E-state index in [9.17, 15) is 22.8 Å². The summed E-state index contributed by atoms with van der Waals surface area (Å²) in [6.45, 7) is 0.430. The zero-order valence-corrected chi connectivity index (χ0v) is 17.8. The fourth-order valence-electron chi connectivity index (χ4n) is 3.78. The van der Waals surface area contributed by atoms with Crippen molar-refractivity contribution in [1.82, 2.24) is 9.80 Å². The number of carbonyl (C=O) groups excluding carboxylic acids is 3. The molecule has 0 aromatic heterocycles. The van der Waals surface area contributed by atoms with E-state index in [2.05, 4.69) is 0 Å². The van der Waals surface area contributed by atoms with E-state index in [4.69, 9.17) is 4.74 Å². The second kappa shape index (κ2) is 8.14. The van der Waals surface area contributed by atoms with E-state index in [0.717, 1.165) is 4.90 Å². The molecule has 1 fully saturated rings. The van der Waals surface area contributed by atoms with Gasteiger partial charge < -0.3 is 9.64 Å². The van der Waals surface area contributed by atoms with Gasteiger partial charge in [-0.15, -0.1) is 0 Å². The van der Waals surface area contributed by atoms with E-state index in [-0.39, 0.29) is 48.7 Å². The first-order valence-electron chi connectivity index (χ1n) is 9.94. The number of rotatable bonds is 7. The lowest BCUT2D eigenvalue weighted by Crippen LogP contribution is -2.56. The van der Waals surface area contributed by atoms with Crippen molar-refractivity contribution < 1.29 is 27.5 Å². The average molecular weight is 442 g/mol. The number of imide groups is 1. The zero-order chi connectivity index (χ0) is 22.2. The lowest BCUT2D eigenvalue weighted by molar-refractivity contribution is -0.134. The standard InChI is InChI=1S/C22H22N2O6S/c1-30-15-8-10-16(11-9-15)31(28,29)17-13-23(14-17)20(25)7-4-12-24-21(26)18-5-2-3-6-19(18)22(24)27/h2-3,5-6,8-11,17H,4,7,12-14H2,1H3. The topological polar surface area (TPSA) is 101 Å². The first-order chi connectivity index (χ1) is 14.8. The van der Waals surface area contributed by atoms with Gasteiger partial charge in [-0.05, 0) is 42.8 Å². The molecule has 2 aliphatic rings. The van der Waals surface area contributed by atoms with Gasteiger partial charge in [0.15, 0.2) is 9.84 Å². The Bertz CT molecular complexity index is 1100. The van der Waals surface area contributed by atoms with Crippen LogP contribution in [0.4, 0.5) is 0 Å². The molecule has 0 aliphatic carbocycles. The summed E-state index contributed by atoms with van der Waals surface area (Å²) in [5.74, 6) is -0.300. The van der Waals surface area contributed by atoms with Gasteiger partial charge in [-0.1, -0.05) is 12.1 Å². The molecule has 2 heterocycles. The third-order valence-electron chi connectivity index (χ3n) is 5.68. The number of ether oxygens (including phenoxy) is 1. The molecule has 0 radical (unpaired) electrons. The largest absolute Gasteiger partial charge is 0.497 e. The molecular formula is C22H22N2O6S. The molecule has 8 nitrogen and oxygen atoms in total. The van der Waals surface area contributed by atoms with Crippen molar-refractivity contribution in [3.05, 3.63) is 59.7 Å². The molecule has 4 rings (SSSR count). The summed E-state index contributed by atoms with van der Waals surface area (Å²) in [6.07, 6.45) is 0.472. The van der Waals surface area contributed by atoms with Crippen LogP contribution in [0.2, 0.25) is 0 Å². The first-order valence-corrected chi connectivity index (χ1v) is 11.5. The fourth-order valence-corrected chi connectivity index (χ4v) is 5.44. The molecule has 2 aromatic rings. The summed E-state index contributed by atoms with van der Waals surface area (Å²) >= 11 is 0. The molecular weight excluding hydrogens is 420 g/mol. The molecule has 0 bridgehead atoms. The van der Waals surface area contributed by atoms with Crippen LogP contribution in [0.25, 0.3) is 0 Å². The van der Waals surface area contributed by atoms with Crippen molar-refractivity contribution in [2.24, 2.45) is 0 Å². The third-order valence-corrected chi connectivity index (χ3v) is 7.78. The number of hydrogen-bond donors (Lipinski definition) is 0. The van der Waals surface area contributed by atoms with Gasteiger partial charge >= 0.3 is 0 Å². The van der Waals surface area contributed by atoms with Crippen LogP contribution in [0.3, 0.4) is 0 Å². The smallest absolute Gasteiger partial charge is 0.261 e. The summed E-state index contributed by atoms with van der Waals surface area (Å²) in [6, 6.07) is 12.8. The maximum atomic E-state index is 12.7. The molecule has 0 unspecified atom stereocenters. The van der Waals surface area contributed by atoms with Crippen LogP contribution >= 0.6 is 0 Å². The van der Waals surface area contributed by atoms with Crippen molar-refractivity contribution in [3.63, 3.8) is 0 Å². The van der Waals surface area contributed by atoms with E-state index in [0.29, 0.717) is 23.3 Å². The van der Waals surface area contributed by atoms with Crippen molar-refractivity contribution in [3.8, 4) is 5.75 Å². The highest BCUT2D eigenvalue weighted by molar-refractivity contribution is 7.92. The number of fused-ring (bicyclic) bond motifs is 1. The van der Waals surface area contributed by atoms with Gasteiger partial charge in [0.25, 0.3) is 11.8 Å². The summed E-state index contributed by atoms with van der Waals surface area (Å²) in [5, 5.41) is -0.638. The first kappa shape index (κ1) is 21.0. The van der Waals surface area contributed by atoms with E-state index in [1.54, 1.807) is 36.4 Å². The summed E-state index contributed by atoms with van der Waals surface area (Å²) < 4.78 is 30.4. The fraction of sp³-hybridized carbons (Fsp3) is 0.318. The van der Waals surface area contributed by atoms with Crippen molar-refractivity contribution in [2.75, 3.05) is 26.7 Å². The zero-order valence-electron chi connectivity index (χ0n) is 17.0. The Morgan fingerprint density at radius 2 is 1.58 bits per heavy atom. The Kier molecular flexibility index (Phi) is 5.53. The number of amides is 3. The van der Waals surface area contributed by atoms with Gasteiger partial charge in [-0.3, -0.25) is 19.3 Å². The van der Waals surface area contributed by atoms with Crippen LogP contribution in [-0.4, -0.2) is 67.9 Å². The quantitative estimate of drug-likeness (QED) is 0.606. The van der Waals surface area contributed by atoms with E-state index >= 15 is 0 Å². The van der Waals surface area contributed by atoms with Crippen LogP contribution in [0.15, 0.2) is 53.4 Å². The highest BCUT2D eigenvalue weighted by atomic mass is 32.2. The molecule has 162 valence electrons. The van der Waals surface area contributed by atoms with Crippen LogP contribution in [0.5, 0.6) is 5.75 Å². The van der Waals surface area contributed by atoms with Crippen LogP contribution in [0.1, 0.15) is 33.6 Å². The maximum Gasteiger partial charge on any atom is 0.261 e. The molecule has 0 spiro atoms. The van der Waals surface area contributed by atoms with Gasteiger partial charge in [-0.25, -0.2) is 8.42 Å². The minimum Gasteiger partial charge on any atom is -0.497 e. The molecule has 0 saturated carbocycles. The number of likely N-dealkylation sites (tertiary alicyclic amines) is 1. The van der Waals surface area contributed by atoms with Crippen molar-refractivity contribution >= 4 is 27.6 Å². The monoisotopic (exact) mass is 442 g/mol. The minimum atomic E-state index is -3.52. The second-order valence-corrected chi connectivity index (χ2v) is 9.78. The van der Waals surface area contributed by atoms with Crippen molar-refractivity contribution in [2.45, 2.75) is 23.0 Å². The van der Waals surface area contributed by atoms with Gasteiger partial charge in [0.1, 0.15) is 11.0 Å². The minimum absolute atomic E-state index is 0.139. The lowest BCUT2D eigenvalue weighted by atomic mass is 10.1. The summed E-state index contributed by atoms with van der Waals surface area (Å²) in [5.41, 5.74) is 0.765. The van der Waals surface area contributed by atoms with E-state index in [1.165, 1.54) is 24.1 Å². The van der Waals surface area contributed by atoms with Gasteiger partial charge in [0.05, 0.1) is 23.1 Å². The van der Waals surface area contributed by atoms with Crippen LogP contribution in [0, 0.1) is 0 Å². The van der Waals surface area contributed by atoms with Crippen LogP contribution < -0.4 is 4.74 Å². The summed E-state index contributed by atoms with van der Waals surface area (Å²) in [4.78, 5) is 40.0. The predicted molar refractivity (Wildman–Crippen MR) is 112 cm³/mol. The van der Waals surface area contributed by atoms with Crippen LogP contribution in [-0.2, 0) is 14.6 Å². The number of nitrogens with zero attached hydrogens (tertiary/aromatic N) is 2. The second-order valence-electron chi connectivity index (χ2n) is 7.55. The van der Waals surface area contributed by atoms with E-state index < -0.39 is 15.1 Å². The molecule has 9 heteroatoms. The Balaban J connectivity index is 1.27. The molecule has 2 aromatic carbocycles. The van der Waals surface area contributed by atoms with E-state index in [1.807, 2.05) is 0 Å². The Morgan fingerprint density at radius 3 is 2.13 bits per heavy atom. The number of hydrogen-bond acceptors (Lipinski definition) is 6. The molecule has 2 aliphatic heterocycles. The van der Waals surface area contributed by atoms with Gasteiger partial charge in [-0.2, -0.15) is 0 Å². The maximum absolute atomic E-state index is 12.7. The van der Waals surface area contributed by atoms with Crippen molar-refractivity contribution in [1.29, 1.82) is 0 Å². The molecule has 0 atom stereocenters. The lowest BCUT2D eigenvalue weighted by Gasteiger charge is -2.38. The number of methoxy groups -OCH3 is 1. The SMILES string of the molecule is COc1ccc(S(=O)(=O)C2CN(C(=O)CCCN3C(=O)c4ccccc4C3=O)C2)cc1. The number of sulfone groups is 1. The summed E-state index contributed by atoms with van der Waals surface area (Å²) in [7, 11) is -2.01.